The van der Waals surface area contributed by atoms with Crippen molar-refractivity contribution < 1.29 is 19.1 Å². The van der Waals surface area contributed by atoms with Crippen molar-refractivity contribution in [2.24, 2.45) is 17.6 Å². The number of hydrogen-bond donors (Lipinski definition) is 1. The van der Waals surface area contributed by atoms with Crippen molar-refractivity contribution in [1.82, 2.24) is 4.90 Å². The summed E-state index contributed by atoms with van der Waals surface area (Å²) >= 11 is 1.62. The summed E-state index contributed by atoms with van der Waals surface area (Å²) in [6, 6.07) is 14.8. The standard InChI is InChI=1S/C25H30N3O4PS/c1-15(2)23(34-14-33)21(11-26)25(30)28-12-19(13-28)32-18-9-16(8-17(10-18)24(27)29)20-6-4-5-7-22(20)31-3/h4-10,15,19,21,23H,12-14,33H2,1-3H3,(H2,27,29). The molecule has 0 aliphatic carbocycles. The Kier molecular flexibility index (Phi) is 8.82. The van der Waals surface area contributed by atoms with Crippen molar-refractivity contribution >= 4 is 32.8 Å². The van der Waals surface area contributed by atoms with Crippen LogP contribution in [0, 0.1) is 23.2 Å². The predicted octanol–water partition coefficient (Wildman–Crippen LogP) is 3.78. The van der Waals surface area contributed by atoms with Crippen LogP contribution in [0.1, 0.15) is 24.2 Å². The highest BCUT2D eigenvalue weighted by molar-refractivity contribution is 8.02. The molecule has 2 aromatic rings. The van der Waals surface area contributed by atoms with Crippen LogP contribution in [0.4, 0.5) is 0 Å². The van der Waals surface area contributed by atoms with Gasteiger partial charge in [-0.25, -0.2) is 0 Å². The van der Waals surface area contributed by atoms with Gasteiger partial charge >= 0.3 is 0 Å². The van der Waals surface area contributed by atoms with Crippen LogP contribution < -0.4 is 15.2 Å². The van der Waals surface area contributed by atoms with Crippen LogP contribution >= 0.6 is 21.0 Å². The van der Waals surface area contributed by atoms with Gasteiger partial charge in [0, 0.05) is 21.9 Å². The molecule has 0 aromatic heterocycles. The monoisotopic (exact) mass is 499 g/mol. The van der Waals surface area contributed by atoms with Crippen LogP contribution in [-0.4, -0.2) is 53.8 Å². The van der Waals surface area contributed by atoms with E-state index < -0.39 is 11.8 Å². The summed E-state index contributed by atoms with van der Waals surface area (Å²) < 4.78 is 11.5. The minimum atomic E-state index is -0.693. The fourth-order valence-corrected chi connectivity index (χ4v) is 5.63. The predicted molar refractivity (Wildman–Crippen MR) is 138 cm³/mol. The van der Waals surface area contributed by atoms with Crippen LogP contribution in [0.15, 0.2) is 42.5 Å². The first-order valence-electron chi connectivity index (χ1n) is 11.0. The number of carbonyl (C=O) groups excluding carboxylic acids is 2. The number of hydrogen-bond acceptors (Lipinski definition) is 6. The number of nitrogens with zero attached hydrogens (tertiary/aromatic N) is 2. The minimum absolute atomic E-state index is 0.0642. The van der Waals surface area contributed by atoms with Crippen LogP contribution in [0.3, 0.4) is 0 Å². The number of rotatable bonds is 10. The number of amides is 2. The van der Waals surface area contributed by atoms with Gasteiger partial charge in [-0.2, -0.15) is 17.0 Å². The Labute approximate surface area is 207 Å². The molecule has 2 aromatic carbocycles. The maximum atomic E-state index is 13.0. The van der Waals surface area contributed by atoms with Crippen molar-refractivity contribution in [3.05, 3.63) is 48.0 Å². The number of thioether (sulfide) groups is 1. The fraction of sp³-hybridized carbons (Fsp3) is 0.400. The average Bonchev–Trinajstić information content (AvgIpc) is 2.80. The third kappa shape index (κ3) is 5.84. The summed E-state index contributed by atoms with van der Waals surface area (Å²) in [5.74, 6) is -0.0483. The van der Waals surface area contributed by atoms with Gasteiger partial charge in [0.25, 0.3) is 0 Å². The molecule has 0 radical (unpaired) electrons. The molecule has 3 atom stereocenters. The SMILES string of the molecule is COc1ccccc1-c1cc(OC2CN(C(=O)C(C#N)C(SCP)C(C)C)C2)cc(C(N)=O)c1. The second-order valence-electron chi connectivity index (χ2n) is 8.44. The topological polar surface area (TPSA) is 106 Å². The van der Waals surface area contributed by atoms with Crippen LogP contribution in [0.2, 0.25) is 0 Å². The van der Waals surface area contributed by atoms with E-state index in [1.165, 1.54) is 0 Å². The van der Waals surface area contributed by atoms with E-state index in [4.69, 9.17) is 15.2 Å². The van der Waals surface area contributed by atoms with Crippen molar-refractivity contribution in [3.8, 4) is 28.7 Å². The molecule has 1 aliphatic heterocycles. The van der Waals surface area contributed by atoms with Gasteiger partial charge in [0.15, 0.2) is 0 Å². The molecule has 1 saturated heterocycles. The first kappa shape index (κ1) is 25.9. The molecule has 7 nitrogen and oxygen atoms in total. The van der Waals surface area contributed by atoms with E-state index in [1.807, 2.05) is 44.2 Å². The highest BCUT2D eigenvalue weighted by atomic mass is 32.2. The van der Waals surface area contributed by atoms with E-state index in [1.54, 1.807) is 35.9 Å². The molecule has 0 spiro atoms. The molecule has 2 N–H and O–H groups in total. The number of nitriles is 1. The third-order valence-corrected chi connectivity index (χ3v) is 7.72. The Morgan fingerprint density at radius 3 is 2.56 bits per heavy atom. The van der Waals surface area contributed by atoms with Gasteiger partial charge in [0.05, 0.1) is 26.3 Å². The second kappa shape index (κ2) is 11.6. The number of para-hydroxylation sites is 1. The molecule has 1 aliphatic rings. The van der Waals surface area contributed by atoms with Crippen molar-refractivity contribution in [2.75, 3.05) is 25.7 Å². The Balaban J connectivity index is 1.74. The van der Waals surface area contributed by atoms with Crippen LogP contribution in [-0.2, 0) is 4.79 Å². The molecule has 3 unspecified atom stereocenters. The van der Waals surface area contributed by atoms with Crippen molar-refractivity contribution in [1.29, 1.82) is 5.26 Å². The molecule has 3 rings (SSSR count). The molecule has 34 heavy (non-hydrogen) atoms. The van der Waals surface area contributed by atoms with Gasteiger partial charge in [-0.1, -0.05) is 32.0 Å². The normalized spacial score (nSPS) is 15.2. The quantitative estimate of drug-likeness (QED) is 0.499. The maximum absolute atomic E-state index is 13.0. The molecule has 0 bridgehead atoms. The Morgan fingerprint density at radius 1 is 1.26 bits per heavy atom. The lowest BCUT2D eigenvalue weighted by Crippen LogP contribution is -2.58. The highest BCUT2D eigenvalue weighted by Crippen LogP contribution is 2.34. The van der Waals surface area contributed by atoms with Gasteiger partial charge in [-0.3, -0.25) is 9.59 Å². The van der Waals surface area contributed by atoms with Gasteiger partial charge in [-0.05, 0) is 35.7 Å². The molecular weight excluding hydrogens is 469 g/mol. The van der Waals surface area contributed by atoms with E-state index in [9.17, 15) is 14.9 Å². The first-order chi connectivity index (χ1) is 16.3. The van der Waals surface area contributed by atoms with Crippen molar-refractivity contribution in [3.63, 3.8) is 0 Å². The summed E-state index contributed by atoms with van der Waals surface area (Å²) in [4.78, 5) is 26.6. The molecule has 9 heteroatoms. The zero-order valence-electron chi connectivity index (χ0n) is 19.6. The largest absolute Gasteiger partial charge is 0.496 e. The molecule has 180 valence electrons. The average molecular weight is 500 g/mol. The zero-order chi connectivity index (χ0) is 24.8. The zero-order valence-corrected chi connectivity index (χ0v) is 21.5. The number of methoxy groups -OCH3 is 1. The lowest BCUT2D eigenvalue weighted by Gasteiger charge is -2.41. The molecule has 1 fully saturated rings. The van der Waals surface area contributed by atoms with Crippen LogP contribution in [0.5, 0.6) is 11.5 Å². The van der Waals surface area contributed by atoms with Gasteiger partial charge in [0.1, 0.15) is 23.5 Å². The van der Waals surface area contributed by atoms with E-state index in [0.717, 1.165) is 16.6 Å². The van der Waals surface area contributed by atoms with Gasteiger partial charge in [-0.15, -0.1) is 9.24 Å². The summed E-state index contributed by atoms with van der Waals surface area (Å²) in [6.45, 7) is 4.83. The minimum Gasteiger partial charge on any atom is -0.496 e. The number of carbonyl (C=O) groups is 2. The Bertz CT molecular complexity index is 1080. The first-order valence-corrected chi connectivity index (χ1v) is 12.9. The van der Waals surface area contributed by atoms with E-state index in [0.29, 0.717) is 30.2 Å². The van der Waals surface area contributed by atoms with E-state index in [2.05, 4.69) is 15.3 Å². The van der Waals surface area contributed by atoms with E-state index in [-0.39, 0.29) is 23.2 Å². The lowest BCUT2D eigenvalue weighted by molar-refractivity contribution is -0.142. The second-order valence-corrected chi connectivity index (χ2v) is 10.7. The Hall–Kier alpha value is -2.75. The van der Waals surface area contributed by atoms with Crippen molar-refractivity contribution in [2.45, 2.75) is 25.2 Å². The smallest absolute Gasteiger partial charge is 0.248 e. The third-order valence-electron chi connectivity index (χ3n) is 5.75. The van der Waals surface area contributed by atoms with Gasteiger partial charge < -0.3 is 20.1 Å². The maximum Gasteiger partial charge on any atom is 0.248 e. The summed E-state index contributed by atoms with van der Waals surface area (Å²) in [6.07, 6.45) is -0.233. The van der Waals surface area contributed by atoms with Crippen LogP contribution in [0.25, 0.3) is 11.1 Å². The van der Waals surface area contributed by atoms with Gasteiger partial charge in [0.2, 0.25) is 11.8 Å². The summed E-state index contributed by atoms with van der Waals surface area (Å²) in [7, 11) is 4.23. The molecule has 1 heterocycles. The number of benzene rings is 2. The number of ether oxygens (including phenoxy) is 2. The number of primary amides is 1. The highest BCUT2D eigenvalue weighted by Gasteiger charge is 2.40. The van der Waals surface area contributed by atoms with E-state index >= 15 is 0 Å². The number of nitrogens with two attached hydrogens (primary N) is 1. The molecular formula is C25H30N3O4PS. The number of likely N-dealkylation sites (tertiary alicyclic amines) is 1. The molecule has 2 amide bonds. The lowest BCUT2D eigenvalue weighted by atomic mass is 9.94. The fourth-order valence-electron chi connectivity index (χ4n) is 3.98. The molecule has 0 saturated carbocycles. The summed E-state index contributed by atoms with van der Waals surface area (Å²) in [5.41, 5.74) is 8.20. The Morgan fingerprint density at radius 2 is 1.97 bits per heavy atom. The summed E-state index contributed by atoms with van der Waals surface area (Å²) in [5, 5.41) is 9.61.